The molecule has 5 nitrogen and oxygen atoms in total. The Morgan fingerprint density at radius 1 is 0.733 bits per heavy atom. The summed E-state index contributed by atoms with van der Waals surface area (Å²) in [5.41, 5.74) is 2.51. The van der Waals surface area contributed by atoms with Crippen molar-refractivity contribution in [1.82, 2.24) is 14.7 Å². The molecule has 2 aliphatic rings. The molecule has 0 spiro atoms. The van der Waals surface area contributed by atoms with Crippen LogP contribution in [-0.4, -0.2) is 86.1 Å². The average molecular weight is 405 g/mol. The second-order valence-corrected chi connectivity index (χ2v) is 8.09. The van der Waals surface area contributed by atoms with Crippen LogP contribution in [-0.2, 0) is 4.79 Å². The maximum Gasteiger partial charge on any atom is 0.236 e. The predicted octanol–water partition coefficient (Wildman–Crippen LogP) is 2.67. The van der Waals surface area contributed by atoms with Crippen LogP contribution in [0.2, 0.25) is 0 Å². The summed E-state index contributed by atoms with van der Waals surface area (Å²) in [6.45, 7) is 8.94. The number of rotatable bonds is 6. The van der Waals surface area contributed by atoms with Gasteiger partial charge in [0, 0.05) is 64.6 Å². The highest BCUT2D eigenvalue weighted by molar-refractivity contribution is 5.78. The number of nitrogens with zero attached hydrogens (tertiary/aromatic N) is 4. The van der Waals surface area contributed by atoms with E-state index in [4.69, 9.17) is 0 Å². The van der Waals surface area contributed by atoms with Crippen LogP contribution in [0.5, 0.6) is 0 Å². The van der Waals surface area contributed by atoms with Crippen molar-refractivity contribution in [3.63, 3.8) is 0 Å². The standard InChI is InChI=1S/C25H32N4O/c30-25(22-27-16-18-28(19-17-27)24-11-5-2-6-12-24)29-20-14-26(15-21-29)13-7-10-23-8-3-1-4-9-23/h1-12H,13-22H2/b10-7+. The van der Waals surface area contributed by atoms with Gasteiger partial charge in [0.1, 0.15) is 0 Å². The van der Waals surface area contributed by atoms with E-state index in [2.05, 4.69) is 81.4 Å². The molecule has 0 atom stereocenters. The Morgan fingerprint density at radius 2 is 1.33 bits per heavy atom. The molecule has 2 aliphatic heterocycles. The quantitative estimate of drug-likeness (QED) is 0.741. The molecule has 30 heavy (non-hydrogen) atoms. The summed E-state index contributed by atoms with van der Waals surface area (Å²) in [6, 6.07) is 20.9. The molecule has 2 fully saturated rings. The molecule has 0 N–H and O–H groups in total. The summed E-state index contributed by atoms with van der Waals surface area (Å²) >= 11 is 0. The van der Waals surface area contributed by atoms with Gasteiger partial charge in [-0.05, 0) is 17.7 Å². The molecule has 2 aromatic carbocycles. The largest absolute Gasteiger partial charge is 0.369 e. The van der Waals surface area contributed by atoms with Crippen molar-refractivity contribution in [1.29, 1.82) is 0 Å². The van der Waals surface area contributed by atoms with Gasteiger partial charge in [-0.15, -0.1) is 0 Å². The Balaban J connectivity index is 1.16. The van der Waals surface area contributed by atoms with Crippen molar-refractivity contribution < 1.29 is 4.79 Å². The maximum absolute atomic E-state index is 12.8. The topological polar surface area (TPSA) is 30.0 Å². The predicted molar refractivity (Wildman–Crippen MR) is 124 cm³/mol. The second-order valence-electron chi connectivity index (χ2n) is 8.09. The van der Waals surface area contributed by atoms with Crippen LogP contribution < -0.4 is 4.90 Å². The van der Waals surface area contributed by atoms with Gasteiger partial charge in [0.15, 0.2) is 0 Å². The van der Waals surface area contributed by atoms with E-state index in [1.165, 1.54) is 11.3 Å². The van der Waals surface area contributed by atoms with Gasteiger partial charge in [0.25, 0.3) is 0 Å². The molecule has 0 saturated carbocycles. The van der Waals surface area contributed by atoms with E-state index in [-0.39, 0.29) is 5.91 Å². The molecular formula is C25H32N4O. The third kappa shape index (κ3) is 5.71. The first-order valence-corrected chi connectivity index (χ1v) is 11.0. The van der Waals surface area contributed by atoms with Crippen molar-refractivity contribution in [2.24, 2.45) is 0 Å². The normalized spacial score (nSPS) is 18.8. The third-order valence-corrected chi connectivity index (χ3v) is 6.05. The van der Waals surface area contributed by atoms with Crippen LogP contribution in [0.1, 0.15) is 5.56 Å². The van der Waals surface area contributed by atoms with Crippen LogP contribution in [0.25, 0.3) is 6.08 Å². The molecule has 2 aromatic rings. The maximum atomic E-state index is 12.8. The molecule has 2 saturated heterocycles. The number of piperazine rings is 2. The minimum absolute atomic E-state index is 0.280. The fourth-order valence-electron chi connectivity index (χ4n) is 4.18. The van der Waals surface area contributed by atoms with E-state index in [0.29, 0.717) is 6.54 Å². The lowest BCUT2D eigenvalue weighted by Crippen LogP contribution is -2.53. The van der Waals surface area contributed by atoms with E-state index in [9.17, 15) is 4.79 Å². The van der Waals surface area contributed by atoms with E-state index in [1.54, 1.807) is 0 Å². The van der Waals surface area contributed by atoms with Gasteiger partial charge in [0.05, 0.1) is 6.54 Å². The number of anilines is 1. The minimum Gasteiger partial charge on any atom is -0.369 e. The molecule has 2 heterocycles. The number of benzene rings is 2. The summed E-state index contributed by atoms with van der Waals surface area (Å²) in [5, 5.41) is 0. The molecule has 0 aliphatic carbocycles. The summed E-state index contributed by atoms with van der Waals surface area (Å²) in [6.07, 6.45) is 4.39. The zero-order valence-electron chi connectivity index (χ0n) is 17.7. The number of hydrogen-bond donors (Lipinski definition) is 0. The van der Waals surface area contributed by atoms with Crippen molar-refractivity contribution in [3.8, 4) is 0 Å². The first-order valence-electron chi connectivity index (χ1n) is 11.0. The Bertz CT molecular complexity index is 808. The fourth-order valence-corrected chi connectivity index (χ4v) is 4.18. The molecule has 4 rings (SSSR count). The van der Waals surface area contributed by atoms with Crippen LogP contribution >= 0.6 is 0 Å². The molecule has 158 valence electrons. The lowest BCUT2D eigenvalue weighted by atomic mass is 10.2. The van der Waals surface area contributed by atoms with Crippen molar-refractivity contribution >= 4 is 17.7 Å². The van der Waals surface area contributed by atoms with E-state index in [0.717, 1.165) is 58.9 Å². The smallest absolute Gasteiger partial charge is 0.236 e. The van der Waals surface area contributed by atoms with Crippen molar-refractivity contribution in [2.75, 3.05) is 70.3 Å². The molecule has 1 amide bonds. The van der Waals surface area contributed by atoms with Gasteiger partial charge in [-0.1, -0.05) is 60.7 Å². The molecule has 0 aromatic heterocycles. The second kappa shape index (κ2) is 10.4. The van der Waals surface area contributed by atoms with Gasteiger partial charge in [-0.3, -0.25) is 14.6 Å². The van der Waals surface area contributed by atoms with E-state index < -0.39 is 0 Å². The van der Waals surface area contributed by atoms with Crippen LogP contribution in [0.3, 0.4) is 0 Å². The van der Waals surface area contributed by atoms with Gasteiger partial charge < -0.3 is 9.80 Å². The van der Waals surface area contributed by atoms with Crippen LogP contribution in [0, 0.1) is 0 Å². The van der Waals surface area contributed by atoms with Gasteiger partial charge in [0.2, 0.25) is 5.91 Å². The molecular weight excluding hydrogens is 372 g/mol. The monoisotopic (exact) mass is 404 g/mol. The van der Waals surface area contributed by atoms with Gasteiger partial charge >= 0.3 is 0 Å². The number of carbonyl (C=O) groups is 1. The number of carbonyl (C=O) groups excluding carboxylic acids is 1. The molecule has 0 unspecified atom stereocenters. The average Bonchev–Trinajstić information content (AvgIpc) is 2.81. The Labute approximate surface area is 180 Å². The lowest BCUT2D eigenvalue weighted by molar-refractivity contribution is -0.134. The number of amides is 1. The lowest BCUT2D eigenvalue weighted by Gasteiger charge is -2.38. The zero-order valence-corrected chi connectivity index (χ0v) is 17.7. The molecule has 0 radical (unpaired) electrons. The fraction of sp³-hybridized carbons (Fsp3) is 0.400. The van der Waals surface area contributed by atoms with Crippen molar-refractivity contribution in [3.05, 3.63) is 72.3 Å². The number of para-hydroxylation sites is 1. The van der Waals surface area contributed by atoms with E-state index in [1.807, 2.05) is 11.0 Å². The van der Waals surface area contributed by atoms with Gasteiger partial charge in [-0.25, -0.2) is 0 Å². The SMILES string of the molecule is O=C(CN1CCN(c2ccccc2)CC1)N1CCN(C/C=C/c2ccccc2)CC1. The Kier molecular flexibility index (Phi) is 7.16. The van der Waals surface area contributed by atoms with E-state index >= 15 is 0 Å². The summed E-state index contributed by atoms with van der Waals surface area (Å²) < 4.78 is 0. The minimum atomic E-state index is 0.280. The third-order valence-electron chi connectivity index (χ3n) is 6.05. The molecule has 0 bridgehead atoms. The Morgan fingerprint density at radius 3 is 2.00 bits per heavy atom. The summed E-state index contributed by atoms with van der Waals surface area (Å²) in [7, 11) is 0. The zero-order chi connectivity index (χ0) is 20.6. The highest BCUT2D eigenvalue weighted by Crippen LogP contribution is 2.15. The van der Waals surface area contributed by atoms with Crippen LogP contribution in [0.15, 0.2) is 66.7 Å². The highest BCUT2D eigenvalue weighted by atomic mass is 16.2. The Hall–Kier alpha value is -2.63. The summed E-state index contributed by atoms with van der Waals surface area (Å²) in [4.78, 5) is 21.9. The number of hydrogen-bond acceptors (Lipinski definition) is 4. The van der Waals surface area contributed by atoms with Crippen molar-refractivity contribution in [2.45, 2.75) is 0 Å². The first-order chi connectivity index (χ1) is 14.8. The van der Waals surface area contributed by atoms with Crippen LogP contribution in [0.4, 0.5) is 5.69 Å². The molecule has 5 heteroatoms. The van der Waals surface area contributed by atoms with Gasteiger partial charge in [-0.2, -0.15) is 0 Å². The summed E-state index contributed by atoms with van der Waals surface area (Å²) in [5.74, 6) is 0.280. The first kappa shape index (κ1) is 20.6. The highest BCUT2D eigenvalue weighted by Gasteiger charge is 2.24.